The van der Waals surface area contributed by atoms with E-state index in [1.807, 2.05) is 32.9 Å². The maximum atomic E-state index is 11.9. The minimum absolute atomic E-state index is 0.0635. The van der Waals surface area contributed by atoms with E-state index in [1.165, 1.54) is 0 Å². The van der Waals surface area contributed by atoms with Gasteiger partial charge in [0.15, 0.2) is 5.65 Å². The minimum atomic E-state index is -0.483. The summed E-state index contributed by atoms with van der Waals surface area (Å²) < 4.78 is 7.87. The Balaban J connectivity index is 1.64. The lowest BCUT2D eigenvalue weighted by Gasteiger charge is -2.22. The third-order valence-electron chi connectivity index (χ3n) is 3.54. The molecule has 0 radical (unpaired) electrons. The average molecular weight is 382 g/mol. The normalized spacial score (nSPS) is 18.4. The third kappa shape index (κ3) is 3.74. The summed E-state index contributed by atoms with van der Waals surface area (Å²) in [5, 5.41) is 7.50. The topological polar surface area (TPSA) is 71.8 Å². The quantitative estimate of drug-likeness (QED) is 0.865. The zero-order valence-corrected chi connectivity index (χ0v) is 15.0. The number of halogens is 1. The van der Waals surface area contributed by atoms with E-state index in [1.54, 1.807) is 10.7 Å². The largest absolute Gasteiger partial charge is 0.444 e. The molecule has 1 aliphatic rings. The molecule has 1 atom stereocenters. The van der Waals surface area contributed by atoms with Crippen LogP contribution in [0.3, 0.4) is 0 Å². The number of nitrogens with one attached hydrogen (secondary N) is 1. The standard InChI is InChI=1S/C15H20BrN5O2/c1-15(2,3)23-14(22)18-10-6-7-20(9-10)13-5-4-12-17-8-11(16)21(12)19-13/h4-5,8,10H,6-7,9H2,1-3H3,(H,18,22)/t10-/m0/s1. The number of aromatic nitrogens is 3. The Hall–Kier alpha value is -1.83. The summed E-state index contributed by atoms with van der Waals surface area (Å²) in [6.45, 7) is 7.12. The van der Waals surface area contributed by atoms with Crippen LogP contribution in [0.5, 0.6) is 0 Å². The van der Waals surface area contributed by atoms with Gasteiger partial charge in [-0.2, -0.15) is 0 Å². The fraction of sp³-hybridized carbons (Fsp3) is 0.533. The number of alkyl carbamates (subject to hydrolysis) is 1. The first-order valence-electron chi connectivity index (χ1n) is 7.56. The summed E-state index contributed by atoms with van der Waals surface area (Å²) in [6.07, 6.45) is 2.22. The van der Waals surface area contributed by atoms with Gasteiger partial charge in [-0.15, -0.1) is 5.10 Å². The first-order valence-corrected chi connectivity index (χ1v) is 8.36. The van der Waals surface area contributed by atoms with Crippen molar-refractivity contribution < 1.29 is 9.53 Å². The molecular weight excluding hydrogens is 362 g/mol. The lowest BCUT2D eigenvalue weighted by molar-refractivity contribution is 0.0509. The van der Waals surface area contributed by atoms with Gasteiger partial charge in [-0.25, -0.2) is 14.3 Å². The molecule has 3 heterocycles. The molecule has 0 bridgehead atoms. The van der Waals surface area contributed by atoms with Gasteiger partial charge in [-0.1, -0.05) is 0 Å². The van der Waals surface area contributed by atoms with Crippen molar-refractivity contribution >= 4 is 33.5 Å². The predicted octanol–water partition coefficient (Wildman–Crippen LogP) is 2.60. The van der Waals surface area contributed by atoms with E-state index in [4.69, 9.17) is 4.74 Å². The van der Waals surface area contributed by atoms with Crippen LogP contribution in [0.15, 0.2) is 22.9 Å². The van der Waals surface area contributed by atoms with Crippen molar-refractivity contribution in [2.24, 2.45) is 0 Å². The highest BCUT2D eigenvalue weighted by Gasteiger charge is 2.27. The summed E-state index contributed by atoms with van der Waals surface area (Å²) in [6, 6.07) is 3.94. The van der Waals surface area contributed by atoms with Gasteiger partial charge in [0.25, 0.3) is 0 Å². The molecule has 0 saturated carbocycles. The summed E-state index contributed by atoms with van der Waals surface area (Å²) in [4.78, 5) is 18.2. The number of imidazole rings is 1. The molecule has 7 nitrogen and oxygen atoms in total. The molecule has 1 fully saturated rings. The Morgan fingerprint density at radius 1 is 1.43 bits per heavy atom. The molecular formula is C15H20BrN5O2. The minimum Gasteiger partial charge on any atom is -0.444 e. The van der Waals surface area contributed by atoms with E-state index in [9.17, 15) is 4.79 Å². The molecule has 0 aliphatic carbocycles. The van der Waals surface area contributed by atoms with Crippen LogP contribution in [0.4, 0.5) is 10.6 Å². The molecule has 0 unspecified atom stereocenters. The number of carbonyl (C=O) groups is 1. The van der Waals surface area contributed by atoms with Crippen LogP contribution in [0, 0.1) is 0 Å². The van der Waals surface area contributed by atoms with Crippen molar-refractivity contribution in [3.8, 4) is 0 Å². The first kappa shape index (κ1) is 16.0. The number of hydrogen-bond acceptors (Lipinski definition) is 5. The zero-order valence-electron chi connectivity index (χ0n) is 13.4. The highest BCUT2D eigenvalue weighted by molar-refractivity contribution is 9.10. The van der Waals surface area contributed by atoms with Crippen molar-refractivity contribution in [3.63, 3.8) is 0 Å². The van der Waals surface area contributed by atoms with E-state index in [0.717, 1.165) is 29.0 Å². The molecule has 3 rings (SSSR count). The maximum Gasteiger partial charge on any atom is 0.407 e. The predicted molar refractivity (Wildman–Crippen MR) is 90.7 cm³/mol. The molecule has 0 aromatic carbocycles. The summed E-state index contributed by atoms with van der Waals surface area (Å²) >= 11 is 3.43. The highest BCUT2D eigenvalue weighted by Crippen LogP contribution is 2.20. The number of fused-ring (bicyclic) bond motifs is 1. The molecule has 124 valence electrons. The van der Waals surface area contributed by atoms with Crippen LogP contribution >= 0.6 is 15.9 Å². The Labute approximate surface area is 143 Å². The highest BCUT2D eigenvalue weighted by atomic mass is 79.9. The van der Waals surface area contributed by atoms with E-state index in [0.29, 0.717) is 6.54 Å². The van der Waals surface area contributed by atoms with Crippen LogP contribution in [0.25, 0.3) is 5.65 Å². The summed E-state index contributed by atoms with van der Waals surface area (Å²) in [5.74, 6) is 0.865. The van der Waals surface area contributed by atoms with Gasteiger partial charge in [0.2, 0.25) is 0 Å². The van der Waals surface area contributed by atoms with Gasteiger partial charge in [0, 0.05) is 13.1 Å². The van der Waals surface area contributed by atoms with Crippen LogP contribution in [-0.2, 0) is 4.74 Å². The number of amides is 1. The average Bonchev–Trinajstić information content (AvgIpc) is 3.04. The lowest BCUT2D eigenvalue weighted by atomic mass is 10.2. The van der Waals surface area contributed by atoms with Crippen LogP contribution in [0.2, 0.25) is 0 Å². The van der Waals surface area contributed by atoms with Gasteiger partial charge < -0.3 is 15.0 Å². The third-order valence-corrected chi connectivity index (χ3v) is 4.08. The molecule has 23 heavy (non-hydrogen) atoms. The Bertz CT molecular complexity index is 724. The van der Waals surface area contributed by atoms with Crippen molar-refractivity contribution in [1.82, 2.24) is 19.9 Å². The number of rotatable bonds is 2. The molecule has 1 amide bonds. The van der Waals surface area contributed by atoms with E-state index >= 15 is 0 Å². The number of nitrogens with zero attached hydrogens (tertiary/aromatic N) is 4. The Kier molecular flexibility index (Phi) is 4.18. The van der Waals surface area contributed by atoms with Gasteiger partial charge in [0.05, 0.1) is 12.2 Å². The van der Waals surface area contributed by atoms with Gasteiger partial charge >= 0.3 is 6.09 Å². The van der Waals surface area contributed by atoms with Crippen molar-refractivity contribution in [3.05, 3.63) is 22.9 Å². The van der Waals surface area contributed by atoms with E-state index in [-0.39, 0.29) is 12.1 Å². The smallest absolute Gasteiger partial charge is 0.407 e. The van der Waals surface area contributed by atoms with Crippen LogP contribution < -0.4 is 10.2 Å². The van der Waals surface area contributed by atoms with Crippen molar-refractivity contribution in [2.45, 2.75) is 38.8 Å². The fourth-order valence-electron chi connectivity index (χ4n) is 2.56. The summed E-state index contributed by atoms with van der Waals surface area (Å²) in [7, 11) is 0. The number of ether oxygens (including phenoxy) is 1. The molecule has 2 aromatic heterocycles. The van der Waals surface area contributed by atoms with Crippen LogP contribution in [0.1, 0.15) is 27.2 Å². The zero-order chi connectivity index (χ0) is 16.6. The molecule has 0 spiro atoms. The molecule has 2 aromatic rings. The van der Waals surface area contributed by atoms with E-state index in [2.05, 4.69) is 36.2 Å². The first-order chi connectivity index (χ1) is 10.8. The SMILES string of the molecule is CC(C)(C)OC(=O)N[C@H]1CCN(c2ccc3ncc(Br)n3n2)C1. The summed E-state index contributed by atoms with van der Waals surface area (Å²) in [5.41, 5.74) is 0.311. The lowest BCUT2D eigenvalue weighted by Crippen LogP contribution is -2.40. The second-order valence-electron chi connectivity index (χ2n) is 6.62. The Morgan fingerprint density at radius 2 is 2.22 bits per heavy atom. The maximum absolute atomic E-state index is 11.9. The number of hydrogen-bond donors (Lipinski definition) is 1. The van der Waals surface area contributed by atoms with Crippen LogP contribution in [-0.4, -0.2) is 45.4 Å². The monoisotopic (exact) mass is 381 g/mol. The molecule has 1 N–H and O–H groups in total. The van der Waals surface area contributed by atoms with E-state index < -0.39 is 5.60 Å². The second kappa shape index (κ2) is 5.99. The van der Waals surface area contributed by atoms with Crippen molar-refractivity contribution in [1.29, 1.82) is 0 Å². The number of carbonyl (C=O) groups excluding carboxylic acids is 1. The van der Waals surface area contributed by atoms with Crippen molar-refractivity contribution in [2.75, 3.05) is 18.0 Å². The van der Waals surface area contributed by atoms with Gasteiger partial charge in [0.1, 0.15) is 16.0 Å². The van der Waals surface area contributed by atoms with Gasteiger partial charge in [-0.05, 0) is 55.3 Å². The fourth-order valence-corrected chi connectivity index (χ4v) is 2.93. The Morgan fingerprint density at radius 3 is 2.96 bits per heavy atom. The number of anilines is 1. The molecule has 1 saturated heterocycles. The second-order valence-corrected chi connectivity index (χ2v) is 7.43. The van der Waals surface area contributed by atoms with Gasteiger partial charge in [-0.3, -0.25) is 0 Å². The molecule has 8 heteroatoms. The molecule has 1 aliphatic heterocycles.